The van der Waals surface area contributed by atoms with Crippen molar-refractivity contribution in [1.82, 2.24) is 0 Å². The highest BCUT2D eigenvalue weighted by Crippen LogP contribution is 2.43. The average Bonchev–Trinajstić information content (AvgIpc) is 3.17. The monoisotopic (exact) mass is 262 g/mol. The zero-order valence-corrected chi connectivity index (χ0v) is 10.5. The van der Waals surface area contributed by atoms with Gasteiger partial charge < -0.3 is 14.6 Å². The van der Waals surface area contributed by atoms with Gasteiger partial charge in [-0.25, -0.2) is 0 Å². The van der Waals surface area contributed by atoms with E-state index in [1.54, 1.807) is 12.1 Å². The number of Topliss-reactive ketones (excluding diaryl/α,β-unsaturated/α-hetero) is 1. The quantitative estimate of drug-likeness (QED) is 0.839. The van der Waals surface area contributed by atoms with E-state index in [4.69, 9.17) is 14.6 Å². The summed E-state index contributed by atoms with van der Waals surface area (Å²) in [7, 11) is 0. The van der Waals surface area contributed by atoms with Gasteiger partial charge in [0.05, 0.1) is 5.92 Å². The lowest BCUT2D eigenvalue weighted by Crippen LogP contribution is -2.17. The lowest BCUT2D eigenvalue weighted by molar-refractivity contribution is -0.138. The molecule has 0 spiro atoms. The fraction of sp³-hybridized carbons (Fsp3) is 0.429. The van der Waals surface area contributed by atoms with E-state index in [1.807, 2.05) is 6.92 Å². The molecule has 0 radical (unpaired) electrons. The molecule has 1 saturated carbocycles. The number of benzene rings is 1. The third-order valence-corrected chi connectivity index (χ3v) is 3.60. The van der Waals surface area contributed by atoms with Gasteiger partial charge in [-0.2, -0.15) is 0 Å². The van der Waals surface area contributed by atoms with Crippen LogP contribution in [0.1, 0.15) is 22.3 Å². The van der Waals surface area contributed by atoms with Gasteiger partial charge in [0.15, 0.2) is 17.3 Å². The van der Waals surface area contributed by atoms with E-state index in [-0.39, 0.29) is 5.78 Å². The van der Waals surface area contributed by atoms with Crippen LogP contribution in [-0.4, -0.2) is 30.1 Å². The van der Waals surface area contributed by atoms with Crippen LogP contribution in [0.3, 0.4) is 0 Å². The largest absolute Gasteiger partial charge is 0.486 e. The zero-order chi connectivity index (χ0) is 13.6. The van der Waals surface area contributed by atoms with Gasteiger partial charge in [0, 0.05) is 11.5 Å². The normalized spacial score (nSPS) is 23.8. The Labute approximate surface area is 110 Å². The SMILES string of the molecule is Cc1cc2c(cc1C(=O)C1CC1C(=O)O)OCCO2. The Morgan fingerprint density at radius 1 is 1.16 bits per heavy atom. The van der Waals surface area contributed by atoms with Crippen molar-refractivity contribution in [2.75, 3.05) is 13.2 Å². The summed E-state index contributed by atoms with van der Waals surface area (Å²) in [5.41, 5.74) is 1.34. The molecule has 2 atom stereocenters. The maximum Gasteiger partial charge on any atom is 0.307 e. The first-order valence-corrected chi connectivity index (χ1v) is 6.25. The molecule has 5 nitrogen and oxygen atoms in total. The second kappa shape index (κ2) is 4.26. The van der Waals surface area contributed by atoms with E-state index < -0.39 is 17.8 Å². The number of hydrogen-bond acceptors (Lipinski definition) is 4. The smallest absolute Gasteiger partial charge is 0.307 e. The van der Waals surface area contributed by atoms with Crippen molar-refractivity contribution in [2.24, 2.45) is 11.8 Å². The van der Waals surface area contributed by atoms with Gasteiger partial charge in [-0.1, -0.05) is 0 Å². The summed E-state index contributed by atoms with van der Waals surface area (Å²) in [6.45, 7) is 2.79. The molecule has 0 aromatic heterocycles. The van der Waals surface area contributed by atoms with Crippen molar-refractivity contribution in [3.63, 3.8) is 0 Å². The molecule has 1 aliphatic heterocycles. The molecule has 2 unspecified atom stereocenters. The molecular formula is C14H14O5. The van der Waals surface area contributed by atoms with Crippen LogP contribution in [0.2, 0.25) is 0 Å². The summed E-state index contributed by atoms with van der Waals surface area (Å²) < 4.78 is 10.9. The lowest BCUT2D eigenvalue weighted by atomic mass is 9.99. The van der Waals surface area contributed by atoms with E-state index in [9.17, 15) is 9.59 Å². The molecule has 0 bridgehead atoms. The van der Waals surface area contributed by atoms with Gasteiger partial charge in [0.1, 0.15) is 13.2 Å². The molecule has 1 N–H and O–H groups in total. The first kappa shape index (κ1) is 12.0. The Bertz CT molecular complexity index is 563. The summed E-state index contributed by atoms with van der Waals surface area (Å²) in [6, 6.07) is 3.45. The van der Waals surface area contributed by atoms with E-state index in [0.29, 0.717) is 36.7 Å². The third kappa shape index (κ3) is 2.05. The summed E-state index contributed by atoms with van der Waals surface area (Å²) in [6.07, 6.45) is 0.433. The van der Waals surface area contributed by atoms with Crippen LogP contribution in [0.25, 0.3) is 0 Å². The molecule has 19 heavy (non-hydrogen) atoms. The maximum absolute atomic E-state index is 12.3. The number of aliphatic carboxylic acids is 1. The molecule has 3 rings (SSSR count). The molecule has 0 saturated heterocycles. The van der Waals surface area contributed by atoms with Gasteiger partial charge in [0.2, 0.25) is 0 Å². The van der Waals surface area contributed by atoms with Crippen LogP contribution >= 0.6 is 0 Å². The molecule has 1 heterocycles. The standard InChI is InChI=1S/C14H14O5/c1-7-4-11-12(19-3-2-18-11)6-8(7)13(15)9-5-10(9)14(16)17/h4,6,9-10H,2-3,5H2,1H3,(H,16,17). The van der Waals surface area contributed by atoms with Crippen molar-refractivity contribution in [3.05, 3.63) is 23.3 Å². The third-order valence-electron chi connectivity index (χ3n) is 3.60. The minimum atomic E-state index is -0.895. The Morgan fingerprint density at radius 2 is 1.79 bits per heavy atom. The van der Waals surface area contributed by atoms with Crippen LogP contribution in [0.5, 0.6) is 11.5 Å². The highest BCUT2D eigenvalue weighted by Gasteiger charge is 2.48. The van der Waals surface area contributed by atoms with Gasteiger partial charge in [0.25, 0.3) is 0 Å². The second-order valence-electron chi connectivity index (χ2n) is 4.96. The number of carbonyl (C=O) groups excluding carboxylic acids is 1. The highest BCUT2D eigenvalue weighted by molar-refractivity contribution is 6.04. The zero-order valence-electron chi connectivity index (χ0n) is 10.5. The number of ether oxygens (including phenoxy) is 2. The molecule has 1 aliphatic carbocycles. The molecule has 1 fully saturated rings. The molecule has 100 valence electrons. The van der Waals surface area contributed by atoms with Crippen molar-refractivity contribution in [1.29, 1.82) is 0 Å². The van der Waals surface area contributed by atoms with Crippen LogP contribution in [0.4, 0.5) is 0 Å². The number of aryl methyl sites for hydroxylation is 1. The number of carbonyl (C=O) groups is 2. The summed E-state index contributed by atoms with van der Waals surface area (Å²) in [5, 5.41) is 8.88. The van der Waals surface area contributed by atoms with Crippen LogP contribution in [0, 0.1) is 18.8 Å². The fourth-order valence-corrected chi connectivity index (χ4v) is 2.41. The first-order valence-electron chi connectivity index (χ1n) is 6.25. The molecule has 0 amide bonds. The van der Waals surface area contributed by atoms with E-state index in [2.05, 4.69) is 0 Å². The molecular weight excluding hydrogens is 248 g/mol. The van der Waals surface area contributed by atoms with Crippen molar-refractivity contribution in [2.45, 2.75) is 13.3 Å². The number of carboxylic acid groups (broad SMARTS) is 1. The van der Waals surface area contributed by atoms with Crippen LogP contribution < -0.4 is 9.47 Å². The fourth-order valence-electron chi connectivity index (χ4n) is 2.41. The summed E-state index contributed by atoms with van der Waals surface area (Å²) in [5.74, 6) is -0.715. The number of ketones is 1. The van der Waals surface area contributed by atoms with Gasteiger partial charge in [-0.3, -0.25) is 9.59 Å². The number of hydrogen-bond donors (Lipinski definition) is 1. The predicted octanol–water partition coefficient (Wildman–Crippen LogP) is 1.67. The number of fused-ring (bicyclic) bond motifs is 1. The van der Waals surface area contributed by atoms with Crippen molar-refractivity contribution in [3.8, 4) is 11.5 Å². The average molecular weight is 262 g/mol. The number of carboxylic acids is 1. The lowest BCUT2D eigenvalue weighted by Gasteiger charge is -2.20. The predicted molar refractivity (Wildman–Crippen MR) is 65.7 cm³/mol. The summed E-state index contributed by atoms with van der Waals surface area (Å²) in [4.78, 5) is 23.1. The van der Waals surface area contributed by atoms with Crippen LogP contribution in [0.15, 0.2) is 12.1 Å². The minimum Gasteiger partial charge on any atom is -0.486 e. The molecule has 5 heteroatoms. The Hall–Kier alpha value is -2.04. The van der Waals surface area contributed by atoms with E-state index >= 15 is 0 Å². The second-order valence-corrected chi connectivity index (χ2v) is 4.96. The number of rotatable bonds is 3. The van der Waals surface area contributed by atoms with Gasteiger partial charge in [-0.05, 0) is 31.0 Å². The van der Waals surface area contributed by atoms with E-state index in [0.717, 1.165) is 5.56 Å². The Kier molecular flexibility index (Phi) is 2.69. The first-order chi connectivity index (χ1) is 9.08. The highest BCUT2D eigenvalue weighted by atomic mass is 16.6. The molecule has 2 aliphatic rings. The topological polar surface area (TPSA) is 72.8 Å². The summed E-state index contributed by atoms with van der Waals surface area (Å²) >= 11 is 0. The van der Waals surface area contributed by atoms with Crippen molar-refractivity contribution < 1.29 is 24.2 Å². The van der Waals surface area contributed by atoms with Crippen LogP contribution in [-0.2, 0) is 4.79 Å². The minimum absolute atomic E-state index is 0.109. The van der Waals surface area contributed by atoms with Crippen molar-refractivity contribution >= 4 is 11.8 Å². The van der Waals surface area contributed by atoms with Gasteiger partial charge >= 0.3 is 5.97 Å². The van der Waals surface area contributed by atoms with E-state index in [1.165, 1.54) is 0 Å². The Balaban J connectivity index is 1.89. The Morgan fingerprint density at radius 3 is 2.37 bits per heavy atom. The maximum atomic E-state index is 12.3. The molecule has 1 aromatic carbocycles. The van der Waals surface area contributed by atoms with Gasteiger partial charge in [-0.15, -0.1) is 0 Å². The molecule has 1 aromatic rings.